The zero-order chi connectivity index (χ0) is 14.0. The minimum atomic E-state index is -0.433. The molecule has 2 aromatic rings. The van der Waals surface area contributed by atoms with E-state index in [1.165, 1.54) is 6.07 Å². The molecular weight excluding hydrogens is 309 g/mol. The number of anilines is 1. The Kier molecular flexibility index (Phi) is 4.00. The molecule has 19 heavy (non-hydrogen) atoms. The first kappa shape index (κ1) is 13.7. The molecule has 0 spiro atoms. The van der Waals surface area contributed by atoms with Crippen molar-refractivity contribution in [3.05, 3.63) is 63.4 Å². The van der Waals surface area contributed by atoms with Gasteiger partial charge in [-0.15, -0.1) is 0 Å². The SMILES string of the molecule is Cc1cccc(C(=O)Nc2c(C)cccc2F)c1Br. The quantitative estimate of drug-likeness (QED) is 0.869. The molecular formula is C15H13BrFNO. The summed E-state index contributed by atoms with van der Waals surface area (Å²) in [4.78, 5) is 12.2. The molecule has 0 aliphatic heterocycles. The Morgan fingerprint density at radius 1 is 1.11 bits per heavy atom. The molecule has 0 aliphatic carbocycles. The van der Waals surface area contributed by atoms with Gasteiger partial charge in [0.2, 0.25) is 0 Å². The lowest BCUT2D eigenvalue weighted by molar-refractivity contribution is 0.102. The van der Waals surface area contributed by atoms with Gasteiger partial charge < -0.3 is 5.32 Å². The van der Waals surface area contributed by atoms with Crippen LogP contribution in [0.3, 0.4) is 0 Å². The van der Waals surface area contributed by atoms with Gasteiger partial charge in [0.15, 0.2) is 0 Å². The van der Waals surface area contributed by atoms with Crippen LogP contribution in [-0.2, 0) is 0 Å². The number of nitrogens with one attached hydrogen (secondary N) is 1. The van der Waals surface area contributed by atoms with E-state index in [2.05, 4.69) is 21.2 Å². The van der Waals surface area contributed by atoms with Crippen LogP contribution in [0, 0.1) is 19.7 Å². The average molecular weight is 322 g/mol. The molecule has 4 heteroatoms. The molecule has 2 aromatic carbocycles. The summed E-state index contributed by atoms with van der Waals surface area (Å²) in [5.41, 5.74) is 2.36. The van der Waals surface area contributed by atoms with Crippen molar-refractivity contribution in [3.8, 4) is 0 Å². The van der Waals surface area contributed by atoms with E-state index in [0.717, 1.165) is 10.0 Å². The van der Waals surface area contributed by atoms with Crippen molar-refractivity contribution in [1.29, 1.82) is 0 Å². The van der Waals surface area contributed by atoms with Gasteiger partial charge in [-0.1, -0.05) is 24.3 Å². The van der Waals surface area contributed by atoms with E-state index >= 15 is 0 Å². The van der Waals surface area contributed by atoms with Crippen LogP contribution in [0.25, 0.3) is 0 Å². The highest BCUT2D eigenvalue weighted by Gasteiger charge is 2.14. The first-order chi connectivity index (χ1) is 9.00. The van der Waals surface area contributed by atoms with Crippen molar-refractivity contribution in [2.45, 2.75) is 13.8 Å². The minimum Gasteiger partial charge on any atom is -0.319 e. The van der Waals surface area contributed by atoms with Gasteiger partial charge in [0.25, 0.3) is 5.91 Å². The van der Waals surface area contributed by atoms with Gasteiger partial charge in [0, 0.05) is 4.47 Å². The Hall–Kier alpha value is -1.68. The summed E-state index contributed by atoms with van der Waals surface area (Å²) in [5.74, 6) is -0.763. The van der Waals surface area contributed by atoms with Crippen LogP contribution in [0.15, 0.2) is 40.9 Å². The maximum Gasteiger partial charge on any atom is 0.256 e. The fourth-order valence-corrected chi connectivity index (χ4v) is 2.24. The largest absolute Gasteiger partial charge is 0.319 e. The van der Waals surface area contributed by atoms with Crippen LogP contribution in [-0.4, -0.2) is 5.91 Å². The number of carbonyl (C=O) groups excluding carboxylic acids is 1. The van der Waals surface area contributed by atoms with Crippen molar-refractivity contribution in [2.24, 2.45) is 0 Å². The van der Waals surface area contributed by atoms with Gasteiger partial charge in [0.1, 0.15) is 5.82 Å². The minimum absolute atomic E-state index is 0.223. The lowest BCUT2D eigenvalue weighted by Gasteiger charge is -2.11. The summed E-state index contributed by atoms with van der Waals surface area (Å²) < 4.78 is 14.4. The second-order valence-corrected chi connectivity index (χ2v) is 5.12. The lowest BCUT2D eigenvalue weighted by Crippen LogP contribution is -2.15. The first-order valence-electron chi connectivity index (χ1n) is 5.82. The van der Waals surface area contributed by atoms with Crippen LogP contribution < -0.4 is 5.32 Å². The van der Waals surface area contributed by atoms with Crippen LogP contribution in [0.2, 0.25) is 0 Å². The van der Waals surface area contributed by atoms with Gasteiger partial charge in [0.05, 0.1) is 11.3 Å². The summed E-state index contributed by atoms with van der Waals surface area (Å²) in [6.45, 7) is 3.65. The normalized spacial score (nSPS) is 10.3. The number of halogens is 2. The number of carbonyl (C=O) groups is 1. The summed E-state index contributed by atoms with van der Waals surface area (Å²) in [6.07, 6.45) is 0. The summed E-state index contributed by atoms with van der Waals surface area (Å²) >= 11 is 3.38. The van der Waals surface area contributed by atoms with Crippen LogP contribution in [0.4, 0.5) is 10.1 Å². The van der Waals surface area contributed by atoms with Crippen LogP contribution in [0.1, 0.15) is 21.5 Å². The second-order valence-electron chi connectivity index (χ2n) is 4.32. The molecule has 0 saturated heterocycles. The third kappa shape index (κ3) is 2.84. The maximum absolute atomic E-state index is 13.7. The van der Waals surface area contributed by atoms with Crippen molar-refractivity contribution < 1.29 is 9.18 Å². The first-order valence-corrected chi connectivity index (χ1v) is 6.61. The van der Waals surface area contributed by atoms with Crippen LogP contribution in [0.5, 0.6) is 0 Å². The Labute approximate surface area is 119 Å². The van der Waals surface area contributed by atoms with Crippen molar-refractivity contribution >= 4 is 27.5 Å². The highest BCUT2D eigenvalue weighted by molar-refractivity contribution is 9.10. The molecule has 2 rings (SSSR count). The molecule has 0 saturated carbocycles. The number of hydrogen-bond acceptors (Lipinski definition) is 1. The van der Waals surface area contributed by atoms with E-state index in [9.17, 15) is 9.18 Å². The van der Waals surface area contributed by atoms with Crippen molar-refractivity contribution in [1.82, 2.24) is 0 Å². The number of aryl methyl sites for hydroxylation is 2. The third-order valence-electron chi connectivity index (χ3n) is 2.90. The van der Waals surface area contributed by atoms with Gasteiger partial charge >= 0.3 is 0 Å². The van der Waals surface area contributed by atoms with Crippen LogP contribution >= 0.6 is 15.9 Å². The highest BCUT2D eigenvalue weighted by atomic mass is 79.9. The number of para-hydroxylation sites is 1. The molecule has 0 unspecified atom stereocenters. The standard InChI is InChI=1S/C15H13BrFNO/c1-9-5-3-7-11(13(9)16)15(19)18-14-10(2)6-4-8-12(14)17/h3-8H,1-2H3,(H,18,19). The second kappa shape index (κ2) is 5.53. The maximum atomic E-state index is 13.7. The molecule has 2 nitrogen and oxygen atoms in total. The molecule has 0 atom stereocenters. The predicted molar refractivity (Wildman–Crippen MR) is 78.0 cm³/mol. The van der Waals surface area contributed by atoms with Gasteiger partial charge in [-0.3, -0.25) is 4.79 Å². The summed E-state index contributed by atoms with van der Waals surface area (Å²) in [5, 5.41) is 2.62. The fraction of sp³-hybridized carbons (Fsp3) is 0.133. The molecule has 0 radical (unpaired) electrons. The molecule has 0 heterocycles. The zero-order valence-electron chi connectivity index (χ0n) is 10.6. The lowest BCUT2D eigenvalue weighted by atomic mass is 10.1. The van der Waals surface area contributed by atoms with E-state index in [1.54, 1.807) is 31.2 Å². The Morgan fingerprint density at radius 3 is 2.42 bits per heavy atom. The topological polar surface area (TPSA) is 29.1 Å². The highest BCUT2D eigenvalue weighted by Crippen LogP contribution is 2.24. The Balaban J connectivity index is 2.34. The van der Waals surface area contributed by atoms with E-state index in [1.807, 2.05) is 13.0 Å². The Morgan fingerprint density at radius 2 is 1.74 bits per heavy atom. The average Bonchev–Trinajstić information content (AvgIpc) is 2.37. The number of hydrogen-bond donors (Lipinski definition) is 1. The molecule has 1 amide bonds. The van der Waals surface area contributed by atoms with E-state index < -0.39 is 5.82 Å². The zero-order valence-corrected chi connectivity index (χ0v) is 12.2. The van der Waals surface area contributed by atoms with E-state index in [0.29, 0.717) is 11.1 Å². The molecule has 0 fully saturated rings. The van der Waals surface area contributed by atoms with Gasteiger partial charge in [-0.2, -0.15) is 0 Å². The molecule has 0 aliphatic rings. The molecule has 0 bridgehead atoms. The number of rotatable bonds is 2. The van der Waals surface area contributed by atoms with Gasteiger partial charge in [-0.05, 0) is 53.0 Å². The Bertz CT molecular complexity index is 620. The fourth-order valence-electron chi connectivity index (χ4n) is 1.79. The van der Waals surface area contributed by atoms with E-state index in [-0.39, 0.29) is 11.6 Å². The summed E-state index contributed by atoms with van der Waals surface area (Å²) in [7, 11) is 0. The summed E-state index contributed by atoms with van der Waals surface area (Å²) in [6, 6.07) is 10.1. The third-order valence-corrected chi connectivity index (χ3v) is 3.95. The molecule has 0 aromatic heterocycles. The van der Waals surface area contributed by atoms with Gasteiger partial charge in [-0.25, -0.2) is 4.39 Å². The molecule has 1 N–H and O–H groups in total. The molecule has 98 valence electrons. The monoisotopic (exact) mass is 321 g/mol. The van der Waals surface area contributed by atoms with Crippen molar-refractivity contribution in [3.63, 3.8) is 0 Å². The number of benzene rings is 2. The van der Waals surface area contributed by atoms with Crippen molar-refractivity contribution in [2.75, 3.05) is 5.32 Å². The predicted octanol–water partition coefficient (Wildman–Crippen LogP) is 4.46. The van der Waals surface area contributed by atoms with E-state index in [4.69, 9.17) is 0 Å². The smallest absolute Gasteiger partial charge is 0.256 e. The number of amides is 1.